The predicted octanol–water partition coefficient (Wildman–Crippen LogP) is 1.73. The number of amides is 2. The number of nitrogens with zero attached hydrogens (tertiary/aromatic N) is 2. The SMILES string of the molecule is CC(C(=O)Nc1sccc1C(N)=O)N1CCN(C2CCCC2)CC1. The quantitative estimate of drug-likeness (QED) is 0.848. The van der Waals surface area contributed by atoms with Crippen LogP contribution in [0.4, 0.5) is 5.00 Å². The summed E-state index contributed by atoms with van der Waals surface area (Å²) < 4.78 is 0. The molecule has 2 amide bonds. The van der Waals surface area contributed by atoms with Crippen molar-refractivity contribution in [3.8, 4) is 0 Å². The summed E-state index contributed by atoms with van der Waals surface area (Å²) in [5.41, 5.74) is 5.71. The third-order valence-corrected chi connectivity index (χ3v) is 6.11. The number of piperazine rings is 1. The van der Waals surface area contributed by atoms with Crippen molar-refractivity contribution >= 4 is 28.2 Å². The van der Waals surface area contributed by atoms with Gasteiger partial charge in [0.05, 0.1) is 11.6 Å². The first kappa shape index (κ1) is 17.4. The molecule has 2 fully saturated rings. The monoisotopic (exact) mass is 350 g/mol. The van der Waals surface area contributed by atoms with E-state index in [0.29, 0.717) is 10.6 Å². The van der Waals surface area contributed by atoms with E-state index in [0.717, 1.165) is 32.2 Å². The molecule has 1 aromatic heterocycles. The highest BCUT2D eigenvalue weighted by atomic mass is 32.1. The molecule has 1 aromatic rings. The average Bonchev–Trinajstić information content (AvgIpc) is 3.26. The largest absolute Gasteiger partial charge is 0.366 e. The Morgan fingerprint density at radius 1 is 1.25 bits per heavy atom. The number of anilines is 1. The molecular weight excluding hydrogens is 324 g/mol. The van der Waals surface area contributed by atoms with Gasteiger partial charge in [-0.1, -0.05) is 12.8 Å². The van der Waals surface area contributed by atoms with Crippen molar-refractivity contribution < 1.29 is 9.59 Å². The van der Waals surface area contributed by atoms with Gasteiger partial charge in [-0.15, -0.1) is 11.3 Å². The number of carbonyl (C=O) groups is 2. The molecule has 132 valence electrons. The lowest BCUT2D eigenvalue weighted by Crippen LogP contribution is -2.54. The Labute approximate surface area is 147 Å². The third-order valence-electron chi connectivity index (χ3n) is 5.28. The first-order valence-electron chi connectivity index (χ1n) is 8.72. The van der Waals surface area contributed by atoms with Crippen molar-refractivity contribution in [2.75, 3.05) is 31.5 Å². The lowest BCUT2D eigenvalue weighted by atomic mass is 10.1. The van der Waals surface area contributed by atoms with Crippen LogP contribution in [0.3, 0.4) is 0 Å². The van der Waals surface area contributed by atoms with Gasteiger partial charge in [-0.3, -0.25) is 19.4 Å². The molecule has 2 aliphatic rings. The molecule has 1 aliphatic carbocycles. The van der Waals surface area contributed by atoms with Gasteiger partial charge in [0.2, 0.25) is 5.91 Å². The molecule has 2 heterocycles. The zero-order valence-electron chi connectivity index (χ0n) is 14.2. The highest BCUT2D eigenvalue weighted by Gasteiger charge is 2.30. The Bertz CT molecular complexity index is 589. The van der Waals surface area contributed by atoms with E-state index in [4.69, 9.17) is 5.73 Å². The molecule has 0 aromatic carbocycles. The molecule has 1 aliphatic heterocycles. The number of nitrogens with one attached hydrogen (secondary N) is 1. The van der Waals surface area contributed by atoms with Crippen molar-refractivity contribution in [2.45, 2.75) is 44.7 Å². The Balaban J connectivity index is 1.52. The van der Waals surface area contributed by atoms with Crippen molar-refractivity contribution in [1.82, 2.24) is 9.80 Å². The van der Waals surface area contributed by atoms with E-state index >= 15 is 0 Å². The molecule has 7 heteroatoms. The van der Waals surface area contributed by atoms with E-state index in [9.17, 15) is 9.59 Å². The Hall–Kier alpha value is -1.44. The summed E-state index contributed by atoms with van der Waals surface area (Å²) in [7, 11) is 0. The summed E-state index contributed by atoms with van der Waals surface area (Å²) in [6.07, 6.45) is 5.36. The number of rotatable bonds is 5. The average molecular weight is 350 g/mol. The maximum absolute atomic E-state index is 12.5. The van der Waals surface area contributed by atoms with Gasteiger partial charge in [0, 0.05) is 32.2 Å². The van der Waals surface area contributed by atoms with Gasteiger partial charge in [0.1, 0.15) is 5.00 Å². The number of carbonyl (C=O) groups excluding carboxylic acids is 2. The van der Waals surface area contributed by atoms with Crippen molar-refractivity contribution in [2.24, 2.45) is 5.73 Å². The lowest BCUT2D eigenvalue weighted by molar-refractivity contribution is -0.121. The van der Waals surface area contributed by atoms with Crippen molar-refractivity contribution in [1.29, 1.82) is 0 Å². The van der Waals surface area contributed by atoms with Crippen LogP contribution in [0, 0.1) is 0 Å². The molecular formula is C17H26N4O2S. The second-order valence-electron chi connectivity index (χ2n) is 6.70. The maximum Gasteiger partial charge on any atom is 0.251 e. The van der Waals surface area contributed by atoms with Crippen LogP contribution >= 0.6 is 11.3 Å². The number of primary amides is 1. The van der Waals surface area contributed by atoms with Crippen LogP contribution in [0.1, 0.15) is 43.0 Å². The minimum absolute atomic E-state index is 0.0748. The van der Waals surface area contributed by atoms with Gasteiger partial charge in [-0.05, 0) is 31.2 Å². The van der Waals surface area contributed by atoms with Crippen LogP contribution in [0.25, 0.3) is 0 Å². The molecule has 0 bridgehead atoms. The highest BCUT2D eigenvalue weighted by Crippen LogP contribution is 2.25. The molecule has 3 N–H and O–H groups in total. The molecule has 0 spiro atoms. The fourth-order valence-electron chi connectivity index (χ4n) is 3.74. The normalized spacial score (nSPS) is 21.7. The van der Waals surface area contributed by atoms with Crippen LogP contribution < -0.4 is 11.1 Å². The van der Waals surface area contributed by atoms with E-state index in [1.165, 1.54) is 37.0 Å². The molecule has 24 heavy (non-hydrogen) atoms. The lowest BCUT2D eigenvalue weighted by Gasteiger charge is -2.40. The summed E-state index contributed by atoms with van der Waals surface area (Å²) in [5, 5.41) is 5.17. The van der Waals surface area contributed by atoms with E-state index < -0.39 is 5.91 Å². The Kier molecular flexibility index (Phi) is 5.53. The van der Waals surface area contributed by atoms with Crippen molar-refractivity contribution in [3.05, 3.63) is 17.0 Å². The standard InChI is InChI=1S/C17H26N4O2S/c1-12(16(23)19-17-14(15(18)22)6-11-24-17)20-7-9-21(10-8-20)13-4-2-3-5-13/h6,11-13H,2-5,7-10H2,1H3,(H2,18,22)(H,19,23). The van der Waals surface area contributed by atoms with Gasteiger partial charge >= 0.3 is 0 Å². The fraction of sp³-hybridized carbons (Fsp3) is 0.647. The van der Waals surface area contributed by atoms with Crippen LogP contribution in [0.2, 0.25) is 0 Å². The smallest absolute Gasteiger partial charge is 0.251 e. The molecule has 0 radical (unpaired) electrons. The third kappa shape index (κ3) is 3.79. The van der Waals surface area contributed by atoms with Gasteiger partial charge in [-0.2, -0.15) is 0 Å². The number of nitrogens with two attached hydrogens (primary N) is 1. The van der Waals surface area contributed by atoms with Gasteiger partial charge in [0.15, 0.2) is 0 Å². The van der Waals surface area contributed by atoms with Crippen LogP contribution in [-0.4, -0.2) is 59.9 Å². The minimum Gasteiger partial charge on any atom is -0.366 e. The fourth-order valence-corrected chi connectivity index (χ4v) is 4.54. The topological polar surface area (TPSA) is 78.7 Å². The summed E-state index contributed by atoms with van der Waals surface area (Å²) in [6.45, 7) is 5.83. The minimum atomic E-state index is -0.510. The zero-order valence-corrected chi connectivity index (χ0v) is 15.0. The number of hydrogen-bond acceptors (Lipinski definition) is 5. The van der Waals surface area contributed by atoms with E-state index in [1.807, 2.05) is 6.92 Å². The Morgan fingerprint density at radius 3 is 2.54 bits per heavy atom. The van der Waals surface area contributed by atoms with Crippen LogP contribution in [0.5, 0.6) is 0 Å². The molecule has 1 unspecified atom stereocenters. The second kappa shape index (κ2) is 7.63. The van der Waals surface area contributed by atoms with Crippen LogP contribution in [-0.2, 0) is 4.79 Å². The maximum atomic E-state index is 12.5. The number of hydrogen-bond donors (Lipinski definition) is 2. The second-order valence-corrected chi connectivity index (χ2v) is 7.62. The summed E-state index contributed by atoms with van der Waals surface area (Å²) >= 11 is 1.33. The summed E-state index contributed by atoms with van der Waals surface area (Å²) in [6, 6.07) is 2.19. The first-order chi connectivity index (χ1) is 11.6. The van der Waals surface area contributed by atoms with Crippen LogP contribution in [0.15, 0.2) is 11.4 Å². The zero-order chi connectivity index (χ0) is 17.1. The van der Waals surface area contributed by atoms with Gasteiger partial charge in [-0.25, -0.2) is 0 Å². The molecule has 1 saturated heterocycles. The van der Waals surface area contributed by atoms with Crippen molar-refractivity contribution in [3.63, 3.8) is 0 Å². The molecule has 6 nitrogen and oxygen atoms in total. The summed E-state index contributed by atoms with van der Waals surface area (Å²) in [4.78, 5) is 28.7. The molecule has 3 rings (SSSR count). The first-order valence-corrected chi connectivity index (χ1v) is 9.60. The molecule has 1 saturated carbocycles. The van der Waals surface area contributed by atoms with E-state index in [2.05, 4.69) is 15.1 Å². The highest BCUT2D eigenvalue weighted by molar-refractivity contribution is 7.14. The predicted molar refractivity (Wildman–Crippen MR) is 96.3 cm³/mol. The van der Waals surface area contributed by atoms with E-state index in [1.54, 1.807) is 11.4 Å². The molecule has 1 atom stereocenters. The number of thiophene rings is 1. The Morgan fingerprint density at radius 2 is 1.92 bits per heavy atom. The van der Waals surface area contributed by atoms with Gasteiger partial charge < -0.3 is 11.1 Å². The summed E-state index contributed by atoms with van der Waals surface area (Å²) in [5.74, 6) is -0.585. The van der Waals surface area contributed by atoms with Gasteiger partial charge in [0.25, 0.3) is 5.91 Å². The van der Waals surface area contributed by atoms with E-state index in [-0.39, 0.29) is 11.9 Å².